The van der Waals surface area contributed by atoms with Crippen molar-refractivity contribution in [3.63, 3.8) is 0 Å². The quantitative estimate of drug-likeness (QED) is 0.397. The van der Waals surface area contributed by atoms with E-state index in [9.17, 15) is 15.0 Å². The smallest absolute Gasteiger partial charge is 0.271 e. The monoisotopic (exact) mass is 199 g/mol. The molecule has 0 aliphatic rings. The lowest BCUT2D eigenvalue weighted by Gasteiger charge is -2.15. The van der Waals surface area contributed by atoms with E-state index < -0.39 is 17.8 Å². The third-order valence-corrected chi connectivity index (χ3v) is 1.90. The Morgan fingerprint density at radius 2 is 2.14 bits per heavy atom. The summed E-state index contributed by atoms with van der Waals surface area (Å²) >= 11 is 0. The average molecular weight is 199 g/mol. The molecule has 2 unspecified atom stereocenters. The van der Waals surface area contributed by atoms with Gasteiger partial charge in [-0.3, -0.25) is 4.79 Å². The number of pyridine rings is 1. The van der Waals surface area contributed by atoms with E-state index >= 15 is 0 Å². The molecular formula is C8H13N3O3. The fourth-order valence-electron chi connectivity index (χ4n) is 1.04. The molecule has 7 N–H and O–H groups in total. The highest BCUT2D eigenvalue weighted by molar-refractivity contribution is 5.38. The summed E-state index contributed by atoms with van der Waals surface area (Å²) in [5.74, 6) is 0. The van der Waals surface area contributed by atoms with Crippen LogP contribution in [0.25, 0.3) is 0 Å². The third-order valence-electron chi connectivity index (χ3n) is 1.90. The summed E-state index contributed by atoms with van der Waals surface area (Å²) in [5.41, 5.74) is 10.4. The molecule has 0 radical (unpaired) electrons. The number of aliphatic hydroxyl groups is 2. The van der Waals surface area contributed by atoms with Gasteiger partial charge in [-0.2, -0.15) is 0 Å². The average Bonchev–Trinajstić information content (AvgIpc) is 2.20. The number of hydrogen-bond donors (Lipinski definition) is 5. The second-order valence-corrected chi connectivity index (χ2v) is 2.97. The fourth-order valence-corrected chi connectivity index (χ4v) is 1.04. The predicted octanol–water partition coefficient (Wildman–Crippen LogP) is -1.69. The first-order chi connectivity index (χ1) is 6.56. The van der Waals surface area contributed by atoms with E-state index in [-0.39, 0.29) is 12.2 Å². The molecule has 6 heteroatoms. The van der Waals surface area contributed by atoms with Crippen LogP contribution >= 0.6 is 0 Å². The van der Waals surface area contributed by atoms with Crippen LogP contribution in [0.3, 0.4) is 0 Å². The van der Waals surface area contributed by atoms with Gasteiger partial charge in [-0.05, 0) is 6.07 Å². The van der Waals surface area contributed by atoms with Gasteiger partial charge in [0.05, 0.1) is 11.8 Å². The normalized spacial score (nSPS) is 15.1. The Hall–Kier alpha value is -1.37. The van der Waals surface area contributed by atoms with Crippen LogP contribution in [0.2, 0.25) is 0 Å². The van der Waals surface area contributed by atoms with Crippen molar-refractivity contribution in [2.24, 2.45) is 5.73 Å². The van der Waals surface area contributed by atoms with Crippen LogP contribution in [-0.4, -0.2) is 27.8 Å². The number of hydrogen-bond acceptors (Lipinski definition) is 5. The van der Waals surface area contributed by atoms with Crippen molar-refractivity contribution in [3.05, 3.63) is 28.2 Å². The molecule has 0 aliphatic carbocycles. The molecule has 1 aromatic rings. The van der Waals surface area contributed by atoms with Crippen molar-refractivity contribution < 1.29 is 10.2 Å². The Kier molecular flexibility index (Phi) is 3.23. The van der Waals surface area contributed by atoms with Gasteiger partial charge < -0.3 is 26.7 Å². The van der Waals surface area contributed by atoms with Gasteiger partial charge in [0.2, 0.25) is 0 Å². The van der Waals surface area contributed by atoms with Crippen molar-refractivity contribution in [2.75, 3.05) is 12.3 Å². The largest absolute Gasteiger partial charge is 0.394 e. The van der Waals surface area contributed by atoms with Gasteiger partial charge in [-0.25, -0.2) is 0 Å². The maximum Gasteiger partial charge on any atom is 0.271 e. The molecule has 0 spiro atoms. The van der Waals surface area contributed by atoms with E-state index in [2.05, 4.69) is 4.98 Å². The van der Waals surface area contributed by atoms with Crippen LogP contribution in [0.15, 0.2) is 17.1 Å². The zero-order chi connectivity index (χ0) is 10.7. The van der Waals surface area contributed by atoms with E-state index in [1.54, 1.807) is 0 Å². The molecule has 0 fully saturated rings. The van der Waals surface area contributed by atoms with Gasteiger partial charge in [0.25, 0.3) is 5.56 Å². The second-order valence-electron chi connectivity index (χ2n) is 2.97. The van der Waals surface area contributed by atoms with Gasteiger partial charge in [-0.1, -0.05) is 0 Å². The van der Waals surface area contributed by atoms with Gasteiger partial charge in [0.1, 0.15) is 6.10 Å². The zero-order valence-corrected chi connectivity index (χ0v) is 7.47. The van der Waals surface area contributed by atoms with Crippen LogP contribution < -0.4 is 17.0 Å². The zero-order valence-electron chi connectivity index (χ0n) is 7.47. The van der Waals surface area contributed by atoms with E-state index in [1.807, 2.05) is 0 Å². The number of nitrogen functional groups attached to an aromatic ring is 1. The number of H-pyrrole nitrogens is 1. The highest BCUT2D eigenvalue weighted by Gasteiger charge is 2.17. The molecular weight excluding hydrogens is 186 g/mol. The lowest BCUT2D eigenvalue weighted by atomic mass is 10.1. The van der Waals surface area contributed by atoms with Crippen LogP contribution in [0.4, 0.5) is 5.69 Å². The van der Waals surface area contributed by atoms with Crippen LogP contribution in [-0.2, 0) is 0 Å². The van der Waals surface area contributed by atoms with Crippen molar-refractivity contribution >= 4 is 5.69 Å². The summed E-state index contributed by atoms with van der Waals surface area (Å²) in [6, 6.07) is 1.31. The molecule has 6 nitrogen and oxygen atoms in total. The van der Waals surface area contributed by atoms with Gasteiger partial charge >= 0.3 is 0 Å². The van der Waals surface area contributed by atoms with Crippen molar-refractivity contribution in [3.8, 4) is 0 Å². The highest BCUT2D eigenvalue weighted by Crippen LogP contribution is 2.15. The Labute approximate surface area is 80.2 Å². The van der Waals surface area contributed by atoms with Crippen molar-refractivity contribution in [1.82, 2.24) is 4.98 Å². The molecule has 78 valence electrons. The summed E-state index contributed by atoms with van der Waals surface area (Å²) in [7, 11) is 0. The van der Waals surface area contributed by atoms with Gasteiger partial charge in [0.15, 0.2) is 0 Å². The lowest BCUT2D eigenvalue weighted by Crippen LogP contribution is -2.28. The number of anilines is 1. The van der Waals surface area contributed by atoms with E-state index in [0.717, 1.165) is 0 Å². The van der Waals surface area contributed by atoms with Crippen molar-refractivity contribution in [2.45, 2.75) is 12.2 Å². The second kappa shape index (κ2) is 4.23. The van der Waals surface area contributed by atoms with Crippen LogP contribution in [0.1, 0.15) is 11.7 Å². The summed E-state index contributed by atoms with van der Waals surface area (Å²) in [6.45, 7) is -0.0692. The van der Waals surface area contributed by atoms with Crippen LogP contribution in [0, 0.1) is 0 Å². The first-order valence-electron chi connectivity index (χ1n) is 4.10. The third kappa shape index (κ3) is 2.11. The predicted molar refractivity (Wildman–Crippen MR) is 51.5 cm³/mol. The molecule has 2 atom stereocenters. The maximum absolute atomic E-state index is 10.9. The Bertz CT molecular complexity index is 363. The minimum absolute atomic E-state index is 0.00854. The fraction of sp³-hybridized carbons (Fsp3) is 0.375. The van der Waals surface area contributed by atoms with E-state index in [0.29, 0.717) is 5.56 Å². The summed E-state index contributed by atoms with van der Waals surface area (Å²) in [4.78, 5) is 13.2. The molecule has 0 bridgehead atoms. The number of nitrogens with two attached hydrogens (primary N) is 2. The first-order valence-corrected chi connectivity index (χ1v) is 4.10. The number of aliphatic hydroxyl groups excluding tert-OH is 2. The first kappa shape index (κ1) is 10.7. The lowest BCUT2D eigenvalue weighted by molar-refractivity contribution is 0.0241. The Morgan fingerprint density at radius 1 is 1.50 bits per heavy atom. The maximum atomic E-state index is 10.9. The SMILES string of the molecule is NCC(O)C(O)c1c[nH]c(=O)c(N)c1. The molecule has 0 saturated carbocycles. The van der Waals surface area contributed by atoms with Crippen molar-refractivity contribution in [1.29, 1.82) is 0 Å². The summed E-state index contributed by atoms with van der Waals surface area (Å²) < 4.78 is 0. The minimum atomic E-state index is -1.14. The molecule has 1 rings (SSSR count). The number of nitrogens with one attached hydrogen (secondary N) is 1. The van der Waals surface area contributed by atoms with Gasteiger partial charge in [-0.15, -0.1) is 0 Å². The standard InChI is InChI=1S/C8H13N3O3/c9-2-6(12)7(13)4-1-5(10)8(14)11-3-4/h1,3,6-7,12-13H,2,9-10H2,(H,11,14). The molecule has 1 aromatic heterocycles. The minimum Gasteiger partial charge on any atom is -0.394 e. The topological polar surface area (TPSA) is 125 Å². The molecule has 0 aliphatic heterocycles. The highest BCUT2D eigenvalue weighted by atomic mass is 16.3. The Morgan fingerprint density at radius 3 is 2.64 bits per heavy atom. The summed E-state index contributed by atoms with van der Waals surface area (Å²) in [5, 5.41) is 18.7. The molecule has 0 saturated heterocycles. The molecule has 0 amide bonds. The summed E-state index contributed by atoms with van der Waals surface area (Å²) in [6.07, 6.45) is -0.915. The van der Waals surface area contributed by atoms with E-state index in [4.69, 9.17) is 11.5 Å². The van der Waals surface area contributed by atoms with E-state index in [1.165, 1.54) is 12.3 Å². The number of aromatic amines is 1. The Balaban J connectivity index is 2.96. The molecule has 0 aromatic carbocycles. The van der Waals surface area contributed by atoms with Gasteiger partial charge in [0, 0.05) is 18.3 Å². The molecule has 1 heterocycles. The molecule has 14 heavy (non-hydrogen) atoms. The number of rotatable bonds is 3. The number of aromatic nitrogens is 1. The van der Waals surface area contributed by atoms with Crippen LogP contribution in [0.5, 0.6) is 0 Å².